The Morgan fingerprint density at radius 2 is 1.94 bits per heavy atom. The van der Waals surface area contributed by atoms with Gasteiger partial charge >= 0.3 is 5.97 Å². The Hall–Kier alpha value is -2.79. The van der Waals surface area contributed by atoms with Gasteiger partial charge in [0.25, 0.3) is 0 Å². The van der Waals surface area contributed by atoms with E-state index in [1.807, 2.05) is 6.26 Å². The number of hydrogen-bond acceptors (Lipinski definition) is 7. The van der Waals surface area contributed by atoms with Crippen molar-refractivity contribution in [2.24, 2.45) is 5.73 Å². The third kappa shape index (κ3) is 7.41. The summed E-state index contributed by atoms with van der Waals surface area (Å²) in [7, 11) is 0. The summed E-state index contributed by atoms with van der Waals surface area (Å²) in [5, 5.41) is 24.0. The summed E-state index contributed by atoms with van der Waals surface area (Å²) in [6, 6.07) is 3.48. The quantitative estimate of drug-likeness (QED) is 0.297. The van der Waals surface area contributed by atoms with Gasteiger partial charge in [-0.2, -0.15) is 11.8 Å². The standard InChI is InChI=1S/C21H30N4O6S/c1-32-10-8-15(22)19(28)23-12-18(27)24-16(11-13-4-6-14(26)7-5-13)20(29)25-9-2-3-17(25)21(30)31/h4-7,15-17,26H,2-3,8-12,22H2,1H3,(H,23,28)(H,24,27)(H,30,31). The molecule has 0 radical (unpaired) electrons. The van der Waals surface area contributed by atoms with Crippen LogP contribution in [0.4, 0.5) is 0 Å². The van der Waals surface area contributed by atoms with E-state index in [2.05, 4.69) is 10.6 Å². The monoisotopic (exact) mass is 466 g/mol. The molecule has 0 bridgehead atoms. The second-order valence-corrected chi connectivity index (χ2v) is 8.61. The molecule has 3 amide bonds. The average molecular weight is 467 g/mol. The van der Waals surface area contributed by atoms with Crippen molar-refractivity contribution in [1.29, 1.82) is 0 Å². The van der Waals surface area contributed by atoms with Crippen LogP contribution in [0.25, 0.3) is 0 Å². The second kappa shape index (κ2) is 12.3. The second-order valence-electron chi connectivity index (χ2n) is 7.62. The largest absolute Gasteiger partial charge is 0.508 e. The summed E-state index contributed by atoms with van der Waals surface area (Å²) in [5.41, 5.74) is 6.46. The van der Waals surface area contributed by atoms with E-state index in [-0.39, 0.29) is 18.7 Å². The number of likely N-dealkylation sites (tertiary alicyclic amines) is 1. The number of hydrogen-bond donors (Lipinski definition) is 5. The molecule has 6 N–H and O–H groups in total. The summed E-state index contributed by atoms with van der Waals surface area (Å²) in [6.07, 6.45) is 3.40. The van der Waals surface area contributed by atoms with E-state index in [0.717, 1.165) is 0 Å². The summed E-state index contributed by atoms with van der Waals surface area (Å²) in [4.78, 5) is 50.4. The molecule has 0 aromatic heterocycles. The molecule has 0 spiro atoms. The Balaban J connectivity index is 2.06. The molecule has 0 saturated carbocycles. The first kappa shape index (κ1) is 25.5. The number of carbonyl (C=O) groups excluding carboxylic acids is 3. The molecule has 0 aliphatic carbocycles. The van der Waals surface area contributed by atoms with Gasteiger partial charge in [0, 0.05) is 13.0 Å². The van der Waals surface area contributed by atoms with Crippen molar-refractivity contribution >= 4 is 35.5 Å². The van der Waals surface area contributed by atoms with Gasteiger partial charge in [0.15, 0.2) is 0 Å². The van der Waals surface area contributed by atoms with Crippen LogP contribution in [0.2, 0.25) is 0 Å². The SMILES string of the molecule is CSCCC(N)C(=O)NCC(=O)NC(Cc1ccc(O)cc1)C(=O)N1CCCC1C(=O)O. The molecule has 3 unspecified atom stereocenters. The number of thioether (sulfide) groups is 1. The maximum Gasteiger partial charge on any atom is 0.326 e. The molecule has 1 saturated heterocycles. The van der Waals surface area contributed by atoms with E-state index < -0.39 is 41.8 Å². The maximum absolute atomic E-state index is 13.1. The van der Waals surface area contributed by atoms with Gasteiger partial charge in [-0.3, -0.25) is 14.4 Å². The molecule has 32 heavy (non-hydrogen) atoms. The minimum Gasteiger partial charge on any atom is -0.508 e. The fourth-order valence-electron chi connectivity index (χ4n) is 3.47. The van der Waals surface area contributed by atoms with Crippen molar-refractivity contribution in [2.45, 2.75) is 43.8 Å². The van der Waals surface area contributed by atoms with E-state index >= 15 is 0 Å². The van der Waals surface area contributed by atoms with Crippen LogP contribution in [0.1, 0.15) is 24.8 Å². The first-order valence-electron chi connectivity index (χ1n) is 10.4. The van der Waals surface area contributed by atoms with Gasteiger partial charge in [-0.1, -0.05) is 12.1 Å². The molecule has 176 valence electrons. The Bertz CT molecular complexity index is 819. The van der Waals surface area contributed by atoms with Crippen molar-refractivity contribution in [2.75, 3.05) is 25.1 Å². The first-order valence-corrected chi connectivity index (χ1v) is 11.7. The van der Waals surface area contributed by atoms with Crippen molar-refractivity contribution in [3.05, 3.63) is 29.8 Å². The van der Waals surface area contributed by atoms with Crippen LogP contribution in [0.5, 0.6) is 5.75 Å². The lowest BCUT2D eigenvalue weighted by molar-refractivity contribution is -0.149. The number of nitrogens with one attached hydrogen (secondary N) is 2. The minimum atomic E-state index is -1.09. The van der Waals surface area contributed by atoms with E-state index in [1.165, 1.54) is 17.0 Å². The van der Waals surface area contributed by atoms with Crippen LogP contribution >= 0.6 is 11.8 Å². The molecule has 1 aliphatic rings. The Morgan fingerprint density at radius 1 is 1.25 bits per heavy atom. The number of amides is 3. The molecule has 3 atom stereocenters. The summed E-state index contributed by atoms with van der Waals surface area (Å²) >= 11 is 1.56. The Kier molecular flexibility index (Phi) is 9.79. The highest BCUT2D eigenvalue weighted by Gasteiger charge is 2.37. The van der Waals surface area contributed by atoms with Crippen LogP contribution in [0, 0.1) is 0 Å². The lowest BCUT2D eigenvalue weighted by atomic mass is 10.0. The van der Waals surface area contributed by atoms with Crippen LogP contribution < -0.4 is 16.4 Å². The highest BCUT2D eigenvalue weighted by Crippen LogP contribution is 2.20. The lowest BCUT2D eigenvalue weighted by Gasteiger charge is -2.27. The zero-order valence-electron chi connectivity index (χ0n) is 18.0. The number of aliphatic carboxylic acids is 1. The summed E-state index contributed by atoms with van der Waals surface area (Å²) < 4.78 is 0. The number of carbonyl (C=O) groups is 4. The topological polar surface area (TPSA) is 162 Å². The molecule has 10 nitrogen and oxygen atoms in total. The van der Waals surface area contributed by atoms with Gasteiger partial charge in [-0.25, -0.2) is 4.79 Å². The van der Waals surface area contributed by atoms with Crippen LogP contribution in [-0.4, -0.2) is 82.0 Å². The first-order chi connectivity index (χ1) is 15.2. The fraction of sp³-hybridized carbons (Fsp3) is 0.524. The van der Waals surface area contributed by atoms with Crippen molar-refractivity contribution in [3.8, 4) is 5.75 Å². The van der Waals surface area contributed by atoms with Crippen LogP contribution in [0.15, 0.2) is 24.3 Å². The number of phenolic OH excluding ortho intramolecular Hbond substituents is 1. The zero-order chi connectivity index (χ0) is 23.7. The predicted molar refractivity (Wildman–Crippen MR) is 120 cm³/mol. The number of nitrogens with two attached hydrogens (primary N) is 1. The number of phenols is 1. The van der Waals surface area contributed by atoms with Gasteiger partial charge in [0.05, 0.1) is 12.6 Å². The number of nitrogens with zero attached hydrogens (tertiary/aromatic N) is 1. The van der Waals surface area contributed by atoms with Gasteiger partial charge in [-0.15, -0.1) is 0 Å². The number of benzene rings is 1. The molecule has 1 aliphatic heterocycles. The van der Waals surface area contributed by atoms with Gasteiger partial charge in [-0.05, 0) is 49.0 Å². The van der Waals surface area contributed by atoms with Crippen LogP contribution in [-0.2, 0) is 25.6 Å². The van der Waals surface area contributed by atoms with Crippen molar-refractivity contribution < 1.29 is 29.4 Å². The molecule has 1 aromatic rings. The maximum atomic E-state index is 13.1. The third-order valence-corrected chi connectivity index (χ3v) is 5.87. The van der Waals surface area contributed by atoms with Crippen LogP contribution in [0.3, 0.4) is 0 Å². The van der Waals surface area contributed by atoms with E-state index in [4.69, 9.17) is 5.73 Å². The number of rotatable bonds is 11. The minimum absolute atomic E-state index is 0.0617. The van der Waals surface area contributed by atoms with Gasteiger partial charge in [0.2, 0.25) is 17.7 Å². The molecular weight excluding hydrogens is 436 g/mol. The molecular formula is C21H30N4O6S. The summed E-state index contributed by atoms with van der Waals surface area (Å²) in [5.74, 6) is -1.85. The van der Waals surface area contributed by atoms with Crippen molar-refractivity contribution in [3.63, 3.8) is 0 Å². The van der Waals surface area contributed by atoms with Gasteiger partial charge < -0.3 is 31.5 Å². The number of aromatic hydroxyl groups is 1. The number of carboxylic acids is 1. The average Bonchev–Trinajstić information content (AvgIpc) is 3.26. The Morgan fingerprint density at radius 3 is 2.56 bits per heavy atom. The van der Waals surface area contributed by atoms with E-state index in [0.29, 0.717) is 37.1 Å². The fourth-order valence-corrected chi connectivity index (χ4v) is 3.96. The molecule has 2 rings (SSSR count). The van der Waals surface area contributed by atoms with Crippen molar-refractivity contribution in [1.82, 2.24) is 15.5 Å². The smallest absolute Gasteiger partial charge is 0.326 e. The highest BCUT2D eigenvalue weighted by molar-refractivity contribution is 7.98. The molecule has 1 heterocycles. The highest BCUT2D eigenvalue weighted by atomic mass is 32.2. The van der Waals surface area contributed by atoms with E-state index in [9.17, 15) is 29.4 Å². The predicted octanol–water partition coefficient (Wildman–Crippen LogP) is -0.308. The number of carboxylic acid groups (broad SMARTS) is 1. The summed E-state index contributed by atoms with van der Waals surface area (Å²) in [6.45, 7) is -0.0632. The molecule has 1 aromatic carbocycles. The normalized spacial score (nSPS) is 17.4. The van der Waals surface area contributed by atoms with E-state index in [1.54, 1.807) is 23.9 Å². The zero-order valence-corrected chi connectivity index (χ0v) is 18.8. The molecule has 11 heteroatoms. The van der Waals surface area contributed by atoms with Gasteiger partial charge in [0.1, 0.15) is 17.8 Å². The molecule has 1 fully saturated rings. The third-order valence-electron chi connectivity index (χ3n) is 5.22. The lowest BCUT2D eigenvalue weighted by Crippen LogP contribution is -2.54. The Labute approximate surface area is 190 Å².